The fourth-order valence-electron chi connectivity index (χ4n) is 5.20. The SMILES string of the molecule is CC1C(O)=C2C3=C1[C@@H](C)C(=C3)OCc1ccc(cc1)COc1ccc3ccc(O)c2c3c1. The van der Waals surface area contributed by atoms with E-state index < -0.39 is 0 Å². The lowest BCUT2D eigenvalue weighted by molar-refractivity contribution is 0.175. The molecule has 3 aromatic rings. The van der Waals surface area contributed by atoms with Crippen LogP contribution in [0.4, 0.5) is 0 Å². The third-order valence-electron chi connectivity index (χ3n) is 6.95. The molecule has 0 radical (unpaired) electrons. The van der Waals surface area contributed by atoms with E-state index in [0.29, 0.717) is 30.1 Å². The fourth-order valence-corrected chi connectivity index (χ4v) is 5.20. The molecule has 4 nitrogen and oxygen atoms in total. The van der Waals surface area contributed by atoms with Crippen LogP contribution in [0.15, 0.2) is 83.3 Å². The van der Waals surface area contributed by atoms with Gasteiger partial charge in [-0.25, -0.2) is 0 Å². The monoisotopic (exact) mass is 424 g/mol. The lowest BCUT2D eigenvalue weighted by Gasteiger charge is -2.19. The van der Waals surface area contributed by atoms with Crippen LogP contribution in [0, 0.1) is 11.8 Å². The second kappa shape index (κ2) is 6.92. The molecule has 2 aliphatic carbocycles. The molecular formula is C28H24O4. The molecule has 0 saturated carbocycles. The van der Waals surface area contributed by atoms with E-state index in [1.807, 2.05) is 37.3 Å². The van der Waals surface area contributed by atoms with Gasteiger partial charge in [-0.1, -0.05) is 50.2 Å². The van der Waals surface area contributed by atoms with Gasteiger partial charge in [0.05, 0.1) is 0 Å². The lowest BCUT2D eigenvalue weighted by atomic mass is 9.93. The Balaban J connectivity index is 1.61. The van der Waals surface area contributed by atoms with Gasteiger partial charge in [0.1, 0.15) is 36.2 Å². The molecule has 6 bridgehead atoms. The number of allylic oxidation sites excluding steroid dienone is 5. The number of benzene rings is 3. The first kappa shape index (κ1) is 19.1. The molecule has 2 heterocycles. The summed E-state index contributed by atoms with van der Waals surface area (Å²) in [6, 6.07) is 17.7. The Labute approximate surface area is 186 Å². The number of aliphatic hydroxyl groups is 1. The van der Waals surface area contributed by atoms with Crippen molar-refractivity contribution >= 4 is 16.3 Å². The van der Waals surface area contributed by atoms with Crippen LogP contribution in [0.25, 0.3) is 16.3 Å². The normalized spacial score (nSPS) is 21.9. The Bertz CT molecular complexity index is 1360. The zero-order valence-corrected chi connectivity index (χ0v) is 18.1. The predicted molar refractivity (Wildman–Crippen MR) is 124 cm³/mol. The highest BCUT2D eigenvalue weighted by Crippen LogP contribution is 2.53. The van der Waals surface area contributed by atoms with Crippen molar-refractivity contribution in [3.63, 3.8) is 0 Å². The highest BCUT2D eigenvalue weighted by Gasteiger charge is 2.40. The second-order valence-corrected chi connectivity index (χ2v) is 8.86. The van der Waals surface area contributed by atoms with Crippen LogP contribution in [0.2, 0.25) is 0 Å². The predicted octanol–water partition coefficient (Wildman–Crippen LogP) is 6.40. The second-order valence-electron chi connectivity index (χ2n) is 8.86. The minimum atomic E-state index is -0.139. The average molecular weight is 424 g/mol. The number of rotatable bonds is 0. The van der Waals surface area contributed by atoms with Gasteiger partial charge in [0, 0.05) is 23.0 Å². The molecular weight excluding hydrogens is 400 g/mol. The molecule has 160 valence electrons. The van der Waals surface area contributed by atoms with E-state index in [4.69, 9.17) is 9.47 Å². The number of phenolic OH excluding ortho intramolecular Hbond substituents is 1. The standard InChI is InChI=1S/C28H24O4/c1-15-24-12-22-25(15)16(2)28(30)27(22)26-21-11-20(9-7-19(21)8-10-23(26)29)31-13-17-3-5-18(6-4-17)14-32-24/h3-12,15-16,29-30H,13-14H2,1-2H3/t15-,16?/m0/s1. The van der Waals surface area contributed by atoms with Gasteiger partial charge in [-0.15, -0.1) is 0 Å². The number of phenols is 1. The Morgan fingerprint density at radius 3 is 2.25 bits per heavy atom. The number of fused-ring (bicyclic) bond motifs is 4. The Morgan fingerprint density at radius 1 is 0.812 bits per heavy atom. The van der Waals surface area contributed by atoms with Crippen molar-refractivity contribution in [3.8, 4) is 11.5 Å². The van der Waals surface area contributed by atoms with Gasteiger partial charge in [0.2, 0.25) is 0 Å². The molecule has 4 aliphatic rings. The number of hydrogen-bond donors (Lipinski definition) is 2. The largest absolute Gasteiger partial charge is 0.511 e. The highest BCUT2D eigenvalue weighted by molar-refractivity contribution is 6.03. The van der Waals surface area contributed by atoms with Crippen LogP contribution in [-0.2, 0) is 18.0 Å². The van der Waals surface area contributed by atoms with E-state index >= 15 is 0 Å². The molecule has 0 aromatic heterocycles. The van der Waals surface area contributed by atoms with Gasteiger partial charge in [0.15, 0.2) is 0 Å². The van der Waals surface area contributed by atoms with Crippen LogP contribution in [0.5, 0.6) is 11.5 Å². The lowest BCUT2D eigenvalue weighted by Crippen LogP contribution is -2.10. The zero-order valence-electron chi connectivity index (χ0n) is 18.1. The van der Waals surface area contributed by atoms with E-state index in [2.05, 4.69) is 31.2 Å². The van der Waals surface area contributed by atoms with Gasteiger partial charge in [-0.2, -0.15) is 0 Å². The van der Waals surface area contributed by atoms with E-state index in [-0.39, 0.29) is 17.6 Å². The minimum absolute atomic E-state index is 0.0608. The number of aromatic hydroxyl groups is 1. The summed E-state index contributed by atoms with van der Waals surface area (Å²) in [5.41, 5.74) is 5.59. The molecule has 0 amide bonds. The molecule has 2 N–H and O–H groups in total. The molecule has 2 atom stereocenters. The first-order valence-corrected chi connectivity index (χ1v) is 11.0. The first-order valence-electron chi connectivity index (χ1n) is 11.0. The van der Waals surface area contributed by atoms with Gasteiger partial charge in [-0.05, 0) is 57.3 Å². The van der Waals surface area contributed by atoms with Crippen molar-refractivity contribution in [2.75, 3.05) is 0 Å². The summed E-state index contributed by atoms with van der Waals surface area (Å²) in [6.07, 6.45) is 2.04. The fraction of sp³-hybridized carbons (Fsp3) is 0.214. The van der Waals surface area contributed by atoms with Crippen LogP contribution in [-0.4, -0.2) is 10.2 Å². The molecule has 4 heteroatoms. The summed E-state index contributed by atoms with van der Waals surface area (Å²) in [5, 5.41) is 24.0. The number of aliphatic hydroxyl groups excluding tert-OH is 1. The van der Waals surface area contributed by atoms with Crippen molar-refractivity contribution in [2.24, 2.45) is 11.8 Å². The van der Waals surface area contributed by atoms with E-state index in [0.717, 1.165) is 44.6 Å². The number of hydrogen-bond acceptors (Lipinski definition) is 4. The van der Waals surface area contributed by atoms with Crippen LogP contribution < -0.4 is 4.74 Å². The van der Waals surface area contributed by atoms with Crippen molar-refractivity contribution in [1.82, 2.24) is 0 Å². The molecule has 0 saturated heterocycles. The summed E-state index contributed by atoms with van der Waals surface area (Å²) in [7, 11) is 0. The van der Waals surface area contributed by atoms with Crippen LogP contribution in [0.1, 0.15) is 30.5 Å². The summed E-state index contributed by atoms with van der Waals surface area (Å²) >= 11 is 0. The minimum Gasteiger partial charge on any atom is -0.511 e. The molecule has 3 aromatic carbocycles. The van der Waals surface area contributed by atoms with Crippen molar-refractivity contribution in [1.29, 1.82) is 0 Å². The Hall–Kier alpha value is -3.66. The summed E-state index contributed by atoms with van der Waals surface area (Å²) in [6.45, 7) is 5.06. The quantitative estimate of drug-likeness (QED) is 0.438. The Morgan fingerprint density at radius 2 is 1.50 bits per heavy atom. The van der Waals surface area contributed by atoms with Gasteiger partial charge < -0.3 is 19.7 Å². The molecule has 0 spiro atoms. The van der Waals surface area contributed by atoms with E-state index in [9.17, 15) is 10.2 Å². The summed E-state index contributed by atoms with van der Waals surface area (Å²) in [5.74, 6) is 1.97. The maximum atomic E-state index is 11.2. The smallest absolute Gasteiger partial charge is 0.124 e. The van der Waals surface area contributed by atoms with Gasteiger partial charge in [-0.3, -0.25) is 0 Å². The zero-order chi connectivity index (χ0) is 22.0. The van der Waals surface area contributed by atoms with Crippen molar-refractivity contribution in [2.45, 2.75) is 27.1 Å². The highest BCUT2D eigenvalue weighted by atomic mass is 16.5. The van der Waals surface area contributed by atoms with Crippen LogP contribution >= 0.6 is 0 Å². The average Bonchev–Trinajstić information content (AvgIpc) is 3.24. The first-order chi connectivity index (χ1) is 15.5. The molecule has 32 heavy (non-hydrogen) atoms. The van der Waals surface area contributed by atoms with Gasteiger partial charge >= 0.3 is 0 Å². The maximum Gasteiger partial charge on any atom is 0.124 e. The summed E-state index contributed by atoms with van der Waals surface area (Å²) in [4.78, 5) is 0. The van der Waals surface area contributed by atoms with E-state index in [1.165, 1.54) is 0 Å². The Kier molecular flexibility index (Phi) is 4.12. The van der Waals surface area contributed by atoms with Crippen LogP contribution in [0.3, 0.4) is 0 Å². The molecule has 2 aliphatic heterocycles. The third-order valence-corrected chi connectivity index (χ3v) is 6.95. The van der Waals surface area contributed by atoms with Crippen molar-refractivity contribution < 1.29 is 19.7 Å². The van der Waals surface area contributed by atoms with Crippen molar-refractivity contribution in [3.05, 3.63) is 100 Å². The number of ether oxygens (including phenoxy) is 2. The molecule has 7 rings (SSSR count). The third kappa shape index (κ3) is 2.76. The molecule has 0 fully saturated rings. The van der Waals surface area contributed by atoms with Gasteiger partial charge in [0.25, 0.3) is 0 Å². The summed E-state index contributed by atoms with van der Waals surface area (Å²) < 4.78 is 12.3. The molecule has 1 unspecified atom stereocenters. The van der Waals surface area contributed by atoms with E-state index in [1.54, 1.807) is 6.07 Å². The topological polar surface area (TPSA) is 58.9 Å². The maximum absolute atomic E-state index is 11.2.